The number of piperazine rings is 1. The fourth-order valence-corrected chi connectivity index (χ4v) is 3.32. The van der Waals surface area contributed by atoms with E-state index in [1.165, 1.54) is 18.6 Å². The van der Waals surface area contributed by atoms with Crippen molar-refractivity contribution in [3.8, 4) is 0 Å². The third-order valence-corrected chi connectivity index (χ3v) is 4.75. The summed E-state index contributed by atoms with van der Waals surface area (Å²) in [5.41, 5.74) is 1.01. The minimum Gasteiger partial charge on any atom is -0.377 e. The summed E-state index contributed by atoms with van der Waals surface area (Å²) in [6.45, 7) is 5.36. The molecule has 0 bridgehead atoms. The van der Waals surface area contributed by atoms with Crippen molar-refractivity contribution in [1.82, 2.24) is 9.80 Å². The minimum absolute atomic E-state index is 0.200. The van der Waals surface area contributed by atoms with Crippen molar-refractivity contribution in [1.29, 1.82) is 0 Å². The van der Waals surface area contributed by atoms with Gasteiger partial charge in [0.1, 0.15) is 5.82 Å². The summed E-state index contributed by atoms with van der Waals surface area (Å²) in [6.07, 6.45) is 3.89. The quantitative estimate of drug-likeness (QED) is 0.833. The predicted octanol–water partition coefficient (Wildman–Crippen LogP) is 2.08. The van der Waals surface area contributed by atoms with Crippen molar-refractivity contribution in [3.63, 3.8) is 0 Å². The fraction of sp³-hybridized carbons (Fsp3) is 0.611. The number of carbonyl (C=O) groups is 1. The van der Waals surface area contributed by atoms with Crippen LogP contribution in [0.5, 0.6) is 0 Å². The zero-order valence-corrected chi connectivity index (χ0v) is 13.5. The van der Waals surface area contributed by atoms with E-state index in [0.29, 0.717) is 18.9 Å². The summed E-state index contributed by atoms with van der Waals surface area (Å²) in [6, 6.07) is 6.40. The molecule has 0 saturated carbocycles. The van der Waals surface area contributed by atoms with E-state index in [9.17, 15) is 9.18 Å². The fourth-order valence-electron chi connectivity index (χ4n) is 3.32. The van der Waals surface area contributed by atoms with Crippen LogP contribution in [0.1, 0.15) is 24.8 Å². The van der Waals surface area contributed by atoms with Crippen molar-refractivity contribution in [2.24, 2.45) is 0 Å². The molecule has 0 aromatic heterocycles. The molecule has 1 unspecified atom stereocenters. The van der Waals surface area contributed by atoms with Crippen LogP contribution >= 0.6 is 0 Å². The summed E-state index contributed by atoms with van der Waals surface area (Å²) in [7, 11) is 0. The third kappa shape index (κ3) is 4.75. The Hall–Kier alpha value is -1.46. The normalized spacial score (nSPS) is 22.5. The Morgan fingerprint density at radius 1 is 1.17 bits per heavy atom. The number of hydrogen-bond acceptors (Lipinski definition) is 3. The average molecular weight is 320 g/mol. The number of rotatable bonds is 5. The molecule has 1 amide bonds. The molecule has 5 heteroatoms. The van der Waals surface area contributed by atoms with Gasteiger partial charge in [-0.05, 0) is 37.0 Å². The van der Waals surface area contributed by atoms with E-state index in [0.717, 1.165) is 51.3 Å². The van der Waals surface area contributed by atoms with Crippen molar-refractivity contribution >= 4 is 5.91 Å². The lowest BCUT2D eigenvalue weighted by atomic mass is 10.1. The van der Waals surface area contributed by atoms with Gasteiger partial charge in [-0.25, -0.2) is 4.39 Å². The number of amides is 1. The molecule has 2 fully saturated rings. The Labute approximate surface area is 137 Å². The second-order valence-electron chi connectivity index (χ2n) is 6.44. The van der Waals surface area contributed by atoms with Crippen LogP contribution in [-0.4, -0.2) is 61.1 Å². The molecule has 2 saturated heterocycles. The molecule has 2 heterocycles. The second-order valence-corrected chi connectivity index (χ2v) is 6.44. The van der Waals surface area contributed by atoms with Gasteiger partial charge in [0.15, 0.2) is 0 Å². The molecule has 2 aliphatic heterocycles. The van der Waals surface area contributed by atoms with Crippen LogP contribution in [0.4, 0.5) is 4.39 Å². The molecule has 1 atom stereocenters. The van der Waals surface area contributed by atoms with E-state index in [-0.39, 0.29) is 11.7 Å². The molecule has 126 valence electrons. The van der Waals surface area contributed by atoms with Crippen LogP contribution in [-0.2, 0) is 16.0 Å². The highest BCUT2D eigenvalue weighted by Crippen LogP contribution is 2.15. The van der Waals surface area contributed by atoms with Crippen LogP contribution < -0.4 is 0 Å². The third-order valence-electron chi connectivity index (χ3n) is 4.75. The van der Waals surface area contributed by atoms with E-state index in [4.69, 9.17) is 4.74 Å². The summed E-state index contributed by atoms with van der Waals surface area (Å²) in [5.74, 6) is -0.0338. The van der Waals surface area contributed by atoms with E-state index < -0.39 is 0 Å². The molecule has 1 aromatic rings. The van der Waals surface area contributed by atoms with Crippen LogP contribution in [0.25, 0.3) is 0 Å². The van der Waals surface area contributed by atoms with Crippen molar-refractivity contribution in [3.05, 3.63) is 35.6 Å². The van der Waals surface area contributed by atoms with Crippen molar-refractivity contribution in [2.45, 2.75) is 31.8 Å². The van der Waals surface area contributed by atoms with Crippen LogP contribution in [0.3, 0.4) is 0 Å². The maximum absolute atomic E-state index is 12.9. The number of nitrogens with zero attached hydrogens (tertiary/aromatic N) is 2. The van der Waals surface area contributed by atoms with Gasteiger partial charge in [0.05, 0.1) is 6.10 Å². The molecule has 0 radical (unpaired) electrons. The molecular formula is C18H25FN2O2. The van der Waals surface area contributed by atoms with Gasteiger partial charge in [-0.2, -0.15) is 0 Å². The topological polar surface area (TPSA) is 32.8 Å². The van der Waals surface area contributed by atoms with Gasteiger partial charge in [0.25, 0.3) is 0 Å². The summed E-state index contributed by atoms with van der Waals surface area (Å²) < 4.78 is 18.5. The number of halogens is 1. The van der Waals surface area contributed by atoms with E-state index in [2.05, 4.69) is 4.90 Å². The average Bonchev–Trinajstić information content (AvgIpc) is 3.08. The van der Waals surface area contributed by atoms with Gasteiger partial charge < -0.3 is 9.64 Å². The summed E-state index contributed by atoms with van der Waals surface area (Å²) in [4.78, 5) is 16.7. The highest BCUT2D eigenvalue weighted by molar-refractivity contribution is 5.76. The molecule has 3 rings (SSSR count). The monoisotopic (exact) mass is 320 g/mol. The molecule has 1 aromatic carbocycles. The molecule has 4 nitrogen and oxygen atoms in total. The maximum atomic E-state index is 12.9. The number of carbonyl (C=O) groups excluding carboxylic acids is 1. The Morgan fingerprint density at radius 2 is 1.91 bits per heavy atom. The maximum Gasteiger partial charge on any atom is 0.222 e. The highest BCUT2D eigenvalue weighted by atomic mass is 19.1. The lowest BCUT2D eigenvalue weighted by Crippen LogP contribution is -2.50. The predicted molar refractivity (Wildman–Crippen MR) is 86.7 cm³/mol. The Balaban J connectivity index is 1.38. The zero-order valence-electron chi connectivity index (χ0n) is 13.5. The molecule has 0 aliphatic carbocycles. The van der Waals surface area contributed by atoms with Gasteiger partial charge >= 0.3 is 0 Å². The van der Waals surface area contributed by atoms with Gasteiger partial charge in [-0.1, -0.05) is 12.1 Å². The number of benzene rings is 1. The Kier molecular flexibility index (Phi) is 5.62. The highest BCUT2D eigenvalue weighted by Gasteiger charge is 2.24. The molecule has 23 heavy (non-hydrogen) atoms. The lowest BCUT2D eigenvalue weighted by Gasteiger charge is -2.35. The van der Waals surface area contributed by atoms with Gasteiger partial charge in [0.2, 0.25) is 5.91 Å². The van der Waals surface area contributed by atoms with Gasteiger partial charge in [-0.3, -0.25) is 9.69 Å². The first-order valence-electron chi connectivity index (χ1n) is 8.57. The van der Waals surface area contributed by atoms with Crippen LogP contribution in [0.15, 0.2) is 24.3 Å². The first kappa shape index (κ1) is 16.4. The first-order valence-corrected chi connectivity index (χ1v) is 8.57. The number of hydrogen-bond donors (Lipinski definition) is 0. The Morgan fingerprint density at radius 3 is 2.57 bits per heavy atom. The summed E-state index contributed by atoms with van der Waals surface area (Å²) >= 11 is 0. The molecular weight excluding hydrogens is 295 g/mol. The minimum atomic E-state index is -0.234. The van der Waals surface area contributed by atoms with E-state index in [1.54, 1.807) is 12.1 Å². The van der Waals surface area contributed by atoms with Crippen molar-refractivity contribution in [2.75, 3.05) is 39.3 Å². The van der Waals surface area contributed by atoms with E-state index >= 15 is 0 Å². The van der Waals surface area contributed by atoms with Crippen molar-refractivity contribution < 1.29 is 13.9 Å². The standard InChI is InChI=1S/C18H25FN2O2/c19-16-6-3-15(4-7-16)5-8-18(22)21-11-9-20(10-12-21)14-17-2-1-13-23-17/h3-4,6-7,17H,1-2,5,8-14H2. The first-order chi connectivity index (χ1) is 11.2. The molecule has 2 aliphatic rings. The summed E-state index contributed by atoms with van der Waals surface area (Å²) in [5, 5.41) is 0. The Bertz CT molecular complexity index is 506. The van der Waals surface area contributed by atoms with E-state index in [1.807, 2.05) is 4.90 Å². The van der Waals surface area contributed by atoms with Crippen LogP contribution in [0.2, 0.25) is 0 Å². The second kappa shape index (κ2) is 7.88. The number of ether oxygens (including phenoxy) is 1. The molecule has 0 N–H and O–H groups in total. The van der Waals surface area contributed by atoms with Gasteiger partial charge in [-0.15, -0.1) is 0 Å². The van der Waals surface area contributed by atoms with Crippen LogP contribution in [0, 0.1) is 5.82 Å². The lowest BCUT2D eigenvalue weighted by molar-refractivity contribution is -0.133. The SMILES string of the molecule is O=C(CCc1ccc(F)cc1)N1CCN(CC2CCCO2)CC1. The smallest absolute Gasteiger partial charge is 0.222 e. The zero-order chi connectivity index (χ0) is 16.1. The molecule has 0 spiro atoms. The number of aryl methyl sites for hydroxylation is 1. The largest absolute Gasteiger partial charge is 0.377 e. The van der Waals surface area contributed by atoms with Gasteiger partial charge in [0, 0.05) is 45.8 Å².